The summed E-state index contributed by atoms with van der Waals surface area (Å²) in [5.74, 6) is -8.41. The van der Waals surface area contributed by atoms with Gasteiger partial charge in [-0.15, -0.1) is 0 Å². The van der Waals surface area contributed by atoms with E-state index in [4.69, 9.17) is 17.1 Å². The fourth-order valence-electron chi connectivity index (χ4n) is 3.46. The molecule has 4 amide bonds. The molecule has 2 atom stereocenters. The number of imide groups is 1. The van der Waals surface area contributed by atoms with Crippen molar-refractivity contribution in [3.63, 3.8) is 0 Å². The van der Waals surface area contributed by atoms with Crippen LogP contribution >= 0.6 is 11.6 Å². The van der Waals surface area contributed by atoms with Crippen molar-refractivity contribution in [3.05, 3.63) is 69.7 Å². The van der Waals surface area contributed by atoms with Crippen LogP contribution in [0.15, 0.2) is 42.5 Å². The largest absolute Gasteiger partial charge is 0.349 e. The Morgan fingerprint density at radius 1 is 1.28 bits per heavy atom. The number of halogens is 3. The van der Waals surface area contributed by atoms with E-state index in [-0.39, 0.29) is 34.7 Å². The zero-order valence-corrected chi connectivity index (χ0v) is 17.0. The normalized spacial score (nSPS) is 23.0. The minimum Gasteiger partial charge on any atom is -0.346 e. The Hall–Kier alpha value is -3.33. The molecule has 10 heteroatoms. The predicted octanol–water partition coefficient (Wildman–Crippen LogP) is 2.51. The Balaban J connectivity index is 1.59. The summed E-state index contributed by atoms with van der Waals surface area (Å²) in [4.78, 5) is 50.2. The molecule has 2 aliphatic rings. The van der Waals surface area contributed by atoms with Gasteiger partial charge in [-0.05, 0) is 35.7 Å². The summed E-state index contributed by atoms with van der Waals surface area (Å²) >= 11 is 5.68. The number of carbonyl (C=O) groups excluding carboxylic acids is 4. The van der Waals surface area contributed by atoms with E-state index in [1.54, 1.807) is 0 Å². The maximum atomic E-state index is 14.8. The summed E-state index contributed by atoms with van der Waals surface area (Å²) in [5.41, 5.74) is -0.824. The smallest absolute Gasteiger partial charge is 0.346 e. The first-order valence-electron chi connectivity index (χ1n) is 11.5. The van der Waals surface area contributed by atoms with Crippen LogP contribution in [0.1, 0.15) is 44.0 Å². The Morgan fingerprint density at radius 3 is 2.69 bits per heavy atom. The highest BCUT2D eigenvalue weighted by atomic mass is 35.5. The molecule has 2 aromatic carbocycles. The lowest BCUT2D eigenvalue weighted by molar-refractivity contribution is -0.147. The fourth-order valence-corrected chi connectivity index (χ4v) is 3.59. The van der Waals surface area contributed by atoms with Crippen LogP contribution in [-0.4, -0.2) is 34.6 Å². The van der Waals surface area contributed by atoms with Crippen LogP contribution in [-0.2, 0) is 33.3 Å². The fraction of sp³-hybridized carbons (Fsp3) is 0.273. The number of piperidine rings is 1. The summed E-state index contributed by atoms with van der Waals surface area (Å²) in [6.07, 6.45) is -1.49. The highest BCUT2D eigenvalue weighted by Gasteiger charge is 2.41. The maximum absolute atomic E-state index is 14.8. The van der Waals surface area contributed by atoms with Gasteiger partial charge in [0.25, 0.3) is 11.8 Å². The van der Waals surface area contributed by atoms with Gasteiger partial charge in [0.1, 0.15) is 6.04 Å². The van der Waals surface area contributed by atoms with E-state index in [0.717, 1.165) is 41.3 Å². The lowest BCUT2D eigenvalue weighted by Crippen LogP contribution is -2.52. The van der Waals surface area contributed by atoms with Crippen molar-refractivity contribution in [2.24, 2.45) is 0 Å². The molecule has 1 fully saturated rings. The molecule has 2 aliphatic heterocycles. The third-order valence-corrected chi connectivity index (χ3v) is 5.34. The number of hydrogen-bond donors (Lipinski definition) is 2. The number of carbonyl (C=O) groups is 4. The van der Waals surface area contributed by atoms with Crippen LogP contribution in [0.3, 0.4) is 0 Å². The quantitative estimate of drug-likeness (QED) is 0.663. The van der Waals surface area contributed by atoms with E-state index >= 15 is 0 Å². The molecule has 2 aromatic rings. The Bertz CT molecular complexity index is 1280. The van der Waals surface area contributed by atoms with E-state index in [1.165, 1.54) is 6.07 Å². The summed E-state index contributed by atoms with van der Waals surface area (Å²) in [6.45, 7) is -3.24. The van der Waals surface area contributed by atoms with Crippen molar-refractivity contribution in [1.82, 2.24) is 15.5 Å². The molecule has 0 aromatic heterocycles. The molecule has 1 saturated heterocycles. The third-order valence-electron chi connectivity index (χ3n) is 5.09. The molecular weight excluding hydrogens is 444 g/mol. The standard InChI is InChI=1S/C22H18ClF2N3O4/c23-15-4-2-14(3-5-15)22(24,25)21(32)26-10-12-1-6-16-13(9-12)11-28(20(16)31)17-7-8-18(29)27-19(17)30/h1-6,9,17H,7-8,10-11H2,(H,26,32)(H,27,29,30)/i7D,10D2/hD. The van der Waals surface area contributed by atoms with Gasteiger partial charge in [-0.1, -0.05) is 35.9 Å². The minimum atomic E-state index is -4.22. The molecule has 0 radical (unpaired) electrons. The number of hydrogen-bond acceptors (Lipinski definition) is 4. The zero-order valence-electron chi connectivity index (χ0n) is 20.3. The number of alkyl halides is 2. The van der Waals surface area contributed by atoms with Crippen molar-refractivity contribution >= 4 is 35.2 Å². The number of nitrogens with one attached hydrogen (secondary N) is 2. The maximum Gasteiger partial charge on any atom is 0.349 e. The first-order valence-corrected chi connectivity index (χ1v) is 9.80. The predicted molar refractivity (Wildman–Crippen MR) is 110 cm³/mol. The van der Waals surface area contributed by atoms with Crippen molar-refractivity contribution in [3.8, 4) is 0 Å². The topological polar surface area (TPSA) is 95.6 Å². The highest BCUT2D eigenvalue weighted by Crippen LogP contribution is 2.30. The van der Waals surface area contributed by atoms with Gasteiger partial charge >= 0.3 is 5.92 Å². The van der Waals surface area contributed by atoms with Gasteiger partial charge in [-0.3, -0.25) is 24.5 Å². The van der Waals surface area contributed by atoms with Gasteiger partial charge in [0, 0.05) is 37.0 Å². The zero-order chi connectivity index (χ0) is 26.6. The molecule has 7 nitrogen and oxygen atoms in total. The van der Waals surface area contributed by atoms with Gasteiger partial charge in [0.05, 0.1) is 2.74 Å². The monoisotopic (exact) mass is 465 g/mol. The van der Waals surface area contributed by atoms with Gasteiger partial charge in [-0.25, -0.2) is 0 Å². The molecule has 0 aliphatic carbocycles. The lowest BCUT2D eigenvalue weighted by Gasteiger charge is -2.29. The molecule has 0 spiro atoms. The summed E-state index contributed by atoms with van der Waals surface area (Å²) in [7, 11) is 0. The number of amides is 4. The van der Waals surface area contributed by atoms with Gasteiger partial charge < -0.3 is 10.2 Å². The highest BCUT2D eigenvalue weighted by molar-refractivity contribution is 6.30. The van der Waals surface area contributed by atoms with Crippen LogP contribution in [0.2, 0.25) is 6.43 Å². The minimum absolute atomic E-state index is 0.0841. The van der Waals surface area contributed by atoms with Crippen LogP contribution < -0.4 is 10.6 Å². The molecule has 0 saturated carbocycles. The van der Waals surface area contributed by atoms with E-state index < -0.39 is 59.4 Å². The second-order valence-corrected chi connectivity index (χ2v) is 7.65. The average molecular weight is 466 g/mol. The van der Waals surface area contributed by atoms with Crippen molar-refractivity contribution in [2.45, 2.75) is 37.8 Å². The summed E-state index contributed by atoms with van der Waals surface area (Å²) in [5, 5.41) is 1.77. The van der Waals surface area contributed by atoms with Crippen molar-refractivity contribution in [1.29, 1.82) is 0 Å². The van der Waals surface area contributed by atoms with E-state index in [0.29, 0.717) is 0 Å². The van der Waals surface area contributed by atoms with Crippen LogP contribution in [0.4, 0.5) is 8.78 Å². The molecule has 2 unspecified atom stereocenters. The van der Waals surface area contributed by atoms with Crippen molar-refractivity contribution < 1.29 is 33.5 Å². The number of rotatable bonds is 5. The van der Waals surface area contributed by atoms with Gasteiger partial charge in [0.2, 0.25) is 11.8 Å². The molecule has 2 N–H and O–H groups in total. The molecule has 32 heavy (non-hydrogen) atoms. The first kappa shape index (κ1) is 17.3. The van der Waals surface area contributed by atoms with Gasteiger partial charge in [0.15, 0.2) is 1.41 Å². The Labute approximate surface area is 192 Å². The van der Waals surface area contributed by atoms with E-state index in [1.807, 2.05) is 0 Å². The third kappa shape index (κ3) is 4.08. The SMILES string of the molecule is [2H]C1CC(=O)NC(=O)C1N1Cc2cc(C([2H])([2H])N([2H])C(=O)C(F)(F)c3ccc(Cl)cc3)ccc2C1=O. The summed E-state index contributed by atoms with van der Waals surface area (Å²) in [6, 6.07) is 6.23. The Morgan fingerprint density at radius 2 is 2.00 bits per heavy atom. The second-order valence-electron chi connectivity index (χ2n) is 7.21. The first-order chi connectivity index (χ1) is 16.7. The Kier molecular flexibility index (Phi) is 4.48. The second kappa shape index (κ2) is 8.31. The molecule has 0 bridgehead atoms. The number of nitrogens with zero attached hydrogens (tertiary/aromatic N) is 1. The molecule has 166 valence electrons. The van der Waals surface area contributed by atoms with Crippen LogP contribution in [0.25, 0.3) is 0 Å². The summed E-state index contributed by atoms with van der Waals surface area (Å²) < 4.78 is 61.9. The van der Waals surface area contributed by atoms with Crippen LogP contribution in [0, 0.1) is 0 Å². The van der Waals surface area contributed by atoms with Crippen LogP contribution in [0.5, 0.6) is 0 Å². The average Bonchev–Trinajstić information content (AvgIpc) is 3.13. The van der Waals surface area contributed by atoms with Gasteiger partial charge in [-0.2, -0.15) is 8.78 Å². The molecule has 2 heterocycles. The molecular formula is C22H18ClF2N3O4. The number of fused-ring (bicyclic) bond motifs is 1. The van der Waals surface area contributed by atoms with E-state index in [2.05, 4.69) is 5.32 Å². The molecule has 4 rings (SSSR count). The van der Waals surface area contributed by atoms with E-state index in [9.17, 15) is 28.0 Å². The number of benzene rings is 2. The lowest BCUT2D eigenvalue weighted by atomic mass is 10.0. The van der Waals surface area contributed by atoms with Crippen molar-refractivity contribution in [2.75, 3.05) is 0 Å².